The maximum atomic E-state index is 13.1. The number of anilines is 1. The van der Waals surface area contributed by atoms with Crippen molar-refractivity contribution in [2.45, 2.75) is 18.4 Å². The van der Waals surface area contributed by atoms with Crippen LogP contribution in [0.5, 0.6) is 0 Å². The number of hydrogen-bond donors (Lipinski definition) is 0. The van der Waals surface area contributed by atoms with Gasteiger partial charge in [0.2, 0.25) is 11.8 Å². The Morgan fingerprint density at radius 2 is 1.79 bits per heavy atom. The number of carbonyl (C=O) groups is 2. The van der Waals surface area contributed by atoms with Crippen LogP contribution in [-0.2, 0) is 16.0 Å². The fraction of sp³-hybridized carbons (Fsp3) is 0.364. The Morgan fingerprint density at radius 1 is 1.07 bits per heavy atom. The lowest BCUT2D eigenvalue weighted by atomic mass is 9.92. The minimum Gasteiger partial charge on any atom is -0.340 e. The molecule has 0 N–H and O–H groups in total. The van der Waals surface area contributed by atoms with E-state index in [1.807, 2.05) is 47.2 Å². The first-order valence-electron chi connectivity index (χ1n) is 9.56. The zero-order valence-corrected chi connectivity index (χ0v) is 16.0. The van der Waals surface area contributed by atoms with E-state index in [1.165, 1.54) is 12.1 Å². The molecule has 2 aromatic carbocycles. The van der Waals surface area contributed by atoms with Gasteiger partial charge in [-0.15, -0.1) is 0 Å². The predicted octanol–water partition coefficient (Wildman–Crippen LogP) is 2.32. The number of carbonyl (C=O) groups excluding carboxylic acids is 2. The van der Waals surface area contributed by atoms with E-state index in [0.717, 1.165) is 17.7 Å². The highest BCUT2D eigenvalue weighted by molar-refractivity contribution is 5.96. The fourth-order valence-electron chi connectivity index (χ4n) is 4.20. The maximum Gasteiger partial charge on any atom is 0.241 e. The van der Waals surface area contributed by atoms with Crippen LogP contribution in [0.25, 0.3) is 0 Å². The topological polar surface area (TPSA) is 43.9 Å². The van der Waals surface area contributed by atoms with Gasteiger partial charge in [0.05, 0.1) is 18.5 Å². The van der Waals surface area contributed by atoms with Crippen molar-refractivity contribution in [2.75, 3.05) is 38.1 Å². The number of piperazine rings is 1. The lowest BCUT2D eigenvalue weighted by molar-refractivity contribution is -0.130. The Balaban J connectivity index is 1.48. The van der Waals surface area contributed by atoms with Crippen molar-refractivity contribution < 1.29 is 14.0 Å². The van der Waals surface area contributed by atoms with Crippen molar-refractivity contribution in [3.63, 3.8) is 0 Å². The quantitative estimate of drug-likeness (QED) is 0.820. The first-order valence-corrected chi connectivity index (χ1v) is 9.56. The van der Waals surface area contributed by atoms with Gasteiger partial charge in [-0.3, -0.25) is 14.5 Å². The van der Waals surface area contributed by atoms with Crippen LogP contribution >= 0.6 is 0 Å². The molecule has 0 unspecified atom stereocenters. The molecule has 6 heteroatoms. The van der Waals surface area contributed by atoms with Crippen molar-refractivity contribution >= 4 is 17.5 Å². The highest BCUT2D eigenvalue weighted by atomic mass is 19.1. The van der Waals surface area contributed by atoms with Gasteiger partial charge in [-0.1, -0.05) is 30.3 Å². The number of rotatable bonds is 3. The standard InChI is InChI=1S/C22H24FN3O2/c1-24-14-21(28)26(19-5-3-2-4-6-19)16-22(24)11-12-25(15-22)20(27)13-17-7-9-18(23)10-8-17/h2-10H,11-16H2,1H3/t22-/m1/s1. The first kappa shape index (κ1) is 18.6. The molecular weight excluding hydrogens is 357 g/mol. The largest absolute Gasteiger partial charge is 0.340 e. The van der Waals surface area contributed by atoms with E-state index in [2.05, 4.69) is 4.90 Å². The van der Waals surface area contributed by atoms with E-state index in [-0.39, 0.29) is 29.6 Å². The zero-order chi connectivity index (χ0) is 19.7. The molecule has 1 spiro atoms. The molecule has 2 aliphatic rings. The Kier molecular flexibility index (Phi) is 4.89. The summed E-state index contributed by atoms with van der Waals surface area (Å²) in [5, 5.41) is 0. The third-order valence-corrected chi connectivity index (χ3v) is 5.96. The molecule has 2 saturated heterocycles. The van der Waals surface area contributed by atoms with Crippen LogP contribution < -0.4 is 4.90 Å². The molecule has 28 heavy (non-hydrogen) atoms. The summed E-state index contributed by atoms with van der Waals surface area (Å²) in [6, 6.07) is 15.8. The number of nitrogens with zero attached hydrogens (tertiary/aromatic N) is 3. The molecule has 2 aliphatic heterocycles. The molecule has 1 atom stereocenters. The lowest BCUT2D eigenvalue weighted by Crippen LogP contribution is -2.64. The Morgan fingerprint density at radius 3 is 2.50 bits per heavy atom. The van der Waals surface area contributed by atoms with Gasteiger partial charge in [-0.05, 0) is 43.3 Å². The fourth-order valence-corrected chi connectivity index (χ4v) is 4.20. The van der Waals surface area contributed by atoms with Crippen LogP contribution in [0.3, 0.4) is 0 Å². The van der Waals surface area contributed by atoms with Gasteiger partial charge in [0.25, 0.3) is 0 Å². The van der Waals surface area contributed by atoms with Gasteiger partial charge in [-0.2, -0.15) is 0 Å². The SMILES string of the molecule is CN1CC(=O)N(c2ccccc2)C[C@]12CCN(C(=O)Cc1ccc(F)cc1)C2. The second kappa shape index (κ2) is 7.36. The van der Waals surface area contributed by atoms with Gasteiger partial charge in [-0.25, -0.2) is 4.39 Å². The lowest BCUT2D eigenvalue weighted by Gasteiger charge is -2.46. The van der Waals surface area contributed by atoms with Crippen molar-refractivity contribution in [1.29, 1.82) is 0 Å². The monoisotopic (exact) mass is 381 g/mol. The highest BCUT2D eigenvalue weighted by Crippen LogP contribution is 2.33. The molecule has 0 bridgehead atoms. The van der Waals surface area contributed by atoms with Gasteiger partial charge in [0.15, 0.2) is 0 Å². The van der Waals surface area contributed by atoms with Crippen LogP contribution in [0, 0.1) is 5.82 Å². The van der Waals surface area contributed by atoms with Crippen molar-refractivity contribution in [1.82, 2.24) is 9.80 Å². The molecule has 146 valence electrons. The smallest absolute Gasteiger partial charge is 0.241 e. The summed E-state index contributed by atoms with van der Waals surface area (Å²) in [5.41, 5.74) is 1.48. The Hall–Kier alpha value is -2.73. The highest BCUT2D eigenvalue weighted by Gasteiger charge is 2.48. The van der Waals surface area contributed by atoms with Gasteiger partial charge < -0.3 is 9.80 Å². The van der Waals surface area contributed by atoms with Crippen molar-refractivity contribution in [2.24, 2.45) is 0 Å². The molecule has 2 fully saturated rings. The molecule has 0 aliphatic carbocycles. The van der Waals surface area contributed by atoms with E-state index < -0.39 is 0 Å². The first-order chi connectivity index (χ1) is 13.5. The second-order valence-corrected chi connectivity index (χ2v) is 7.76. The Labute approximate surface area is 164 Å². The average molecular weight is 381 g/mol. The molecule has 0 radical (unpaired) electrons. The number of likely N-dealkylation sites (N-methyl/N-ethyl adjacent to an activating group) is 1. The minimum atomic E-state index is -0.300. The van der Waals surface area contributed by atoms with Crippen LogP contribution in [-0.4, -0.2) is 60.4 Å². The molecular formula is C22H24FN3O2. The van der Waals surface area contributed by atoms with E-state index in [0.29, 0.717) is 26.2 Å². The summed E-state index contributed by atoms with van der Waals surface area (Å²) >= 11 is 0. The van der Waals surface area contributed by atoms with E-state index in [1.54, 1.807) is 12.1 Å². The van der Waals surface area contributed by atoms with Crippen LogP contribution in [0.15, 0.2) is 54.6 Å². The molecule has 2 heterocycles. The third-order valence-electron chi connectivity index (χ3n) is 5.96. The number of hydrogen-bond acceptors (Lipinski definition) is 3. The zero-order valence-electron chi connectivity index (χ0n) is 16.0. The van der Waals surface area contributed by atoms with E-state index in [4.69, 9.17) is 0 Å². The number of para-hydroxylation sites is 1. The molecule has 2 aromatic rings. The maximum absolute atomic E-state index is 13.1. The molecule has 0 saturated carbocycles. The van der Waals surface area contributed by atoms with Gasteiger partial charge in [0, 0.05) is 25.3 Å². The van der Waals surface area contributed by atoms with Crippen molar-refractivity contribution in [3.05, 3.63) is 66.0 Å². The number of halogens is 1. The summed E-state index contributed by atoms with van der Waals surface area (Å²) in [4.78, 5) is 31.2. The molecule has 0 aromatic heterocycles. The van der Waals surface area contributed by atoms with Crippen molar-refractivity contribution in [3.8, 4) is 0 Å². The van der Waals surface area contributed by atoms with Crippen LogP contribution in [0.2, 0.25) is 0 Å². The Bertz CT molecular complexity index is 871. The van der Waals surface area contributed by atoms with E-state index in [9.17, 15) is 14.0 Å². The average Bonchev–Trinajstić information content (AvgIpc) is 3.13. The summed E-state index contributed by atoms with van der Waals surface area (Å²) in [6.07, 6.45) is 1.09. The van der Waals surface area contributed by atoms with E-state index >= 15 is 0 Å². The molecule has 5 nitrogen and oxygen atoms in total. The van der Waals surface area contributed by atoms with Crippen LogP contribution in [0.4, 0.5) is 10.1 Å². The third kappa shape index (κ3) is 3.52. The summed E-state index contributed by atoms with van der Waals surface area (Å²) in [6.45, 7) is 2.18. The van der Waals surface area contributed by atoms with Gasteiger partial charge >= 0.3 is 0 Å². The number of amides is 2. The predicted molar refractivity (Wildman–Crippen MR) is 105 cm³/mol. The molecule has 2 amide bonds. The molecule has 4 rings (SSSR count). The number of likely N-dealkylation sites (tertiary alicyclic amines) is 1. The van der Waals surface area contributed by atoms with Crippen LogP contribution in [0.1, 0.15) is 12.0 Å². The summed E-state index contributed by atoms with van der Waals surface area (Å²) < 4.78 is 13.1. The number of benzene rings is 2. The second-order valence-electron chi connectivity index (χ2n) is 7.76. The summed E-state index contributed by atoms with van der Waals surface area (Å²) in [5.74, 6) is -0.179. The minimum absolute atomic E-state index is 0.0417. The summed E-state index contributed by atoms with van der Waals surface area (Å²) in [7, 11) is 1.97. The van der Waals surface area contributed by atoms with Gasteiger partial charge in [0.1, 0.15) is 5.82 Å². The normalized spacial score (nSPS) is 22.9.